The van der Waals surface area contributed by atoms with E-state index >= 15 is 0 Å². The normalized spacial score (nSPS) is 12.5. The lowest BCUT2D eigenvalue weighted by Gasteiger charge is -2.27. The Hall–Kier alpha value is -0.786. The first-order chi connectivity index (χ1) is 11.0. The van der Waals surface area contributed by atoms with Crippen LogP contribution in [0.15, 0.2) is 18.2 Å². The number of methoxy groups -OCH3 is 1. The van der Waals surface area contributed by atoms with Crippen molar-refractivity contribution in [2.45, 2.75) is 6.04 Å². The minimum Gasteiger partial charge on any atom is -0.496 e. The molecule has 0 aliphatic rings. The molecule has 23 heavy (non-hydrogen) atoms. The molecule has 0 amide bonds. The molecule has 0 unspecified atom stereocenters. The topological polar surface area (TPSA) is 64.6 Å². The summed E-state index contributed by atoms with van der Waals surface area (Å²) in [5.74, 6) is 0.711. The van der Waals surface area contributed by atoms with Gasteiger partial charge in [-0.2, -0.15) is 0 Å². The molecule has 9 heteroatoms. The van der Waals surface area contributed by atoms with Gasteiger partial charge in [0, 0.05) is 53.9 Å². The first-order valence-corrected chi connectivity index (χ1v) is 10.6. The van der Waals surface area contributed by atoms with Crippen molar-refractivity contribution in [2.24, 2.45) is 0 Å². The summed E-state index contributed by atoms with van der Waals surface area (Å²) < 4.78 is 38.5. The standard InChI is InChI=1S/C14H26O7Si2/c1-15-14-9-8-13(23(19-5,20-6)21-7)10-12(14)11-22(16-2,17-3)18-4/h8-10H,11H2,1-7H3. The fraction of sp³-hybridized carbons (Fsp3) is 0.571. The van der Waals surface area contributed by atoms with Crippen molar-refractivity contribution in [3.05, 3.63) is 23.8 Å². The number of benzene rings is 1. The highest BCUT2D eigenvalue weighted by Crippen LogP contribution is 2.24. The quantitative estimate of drug-likeness (QED) is 0.569. The van der Waals surface area contributed by atoms with Crippen LogP contribution in [0.4, 0.5) is 0 Å². The molecule has 0 saturated carbocycles. The van der Waals surface area contributed by atoms with Crippen molar-refractivity contribution in [2.75, 3.05) is 49.8 Å². The maximum absolute atomic E-state index is 5.53. The average Bonchev–Trinajstić information content (AvgIpc) is 2.62. The fourth-order valence-corrected chi connectivity index (χ4v) is 5.93. The Kier molecular flexibility index (Phi) is 7.84. The smallest absolute Gasteiger partial charge is 0.496 e. The van der Waals surface area contributed by atoms with Gasteiger partial charge in [-0.25, -0.2) is 0 Å². The highest BCUT2D eigenvalue weighted by atomic mass is 28.4. The second-order valence-electron chi connectivity index (χ2n) is 4.67. The molecular weight excluding hydrogens is 336 g/mol. The van der Waals surface area contributed by atoms with Gasteiger partial charge in [-0.05, 0) is 17.7 Å². The van der Waals surface area contributed by atoms with Gasteiger partial charge in [0.2, 0.25) is 0 Å². The van der Waals surface area contributed by atoms with E-state index in [0.29, 0.717) is 11.8 Å². The molecule has 0 saturated heterocycles. The average molecular weight is 363 g/mol. The van der Waals surface area contributed by atoms with E-state index < -0.39 is 17.6 Å². The molecule has 0 atom stereocenters. The predicted molar refractivity (Wildman–Crippen MR) is 89.9 cm³/mol. The van der Waals surface area contributed by atoms with Crippen LogP contribution >= 0.6 is 0 Å². The number of rotatable bonds is 10. The Morgan fingerprint density at radius 1 is 0.739 bits per heavy atom. The Morgan fingerprint density at radius 3 is 1.65 bits per heavy atom. The Morgan fingerprint density at radius 2 is 1.26 bits per heavy atom. The maximum atomic E-state index is 5.53. The first kappa shape index (κ1) is 20.3. The second kappa shape index (κ2) is 8.90. The Labute approximate surface area is 140 Å². The highest BCUT2D eigenvalue weighted by Gasteiger charge is 2.43. The largest absolute Gasteiger partial charge is 0.536 e. The van der Waals surface area contributed by atoms with E-state index in [4.69, 9.17) is 31.3 Å². The van der Waals surface area contributed by atoms with Gasteiger partial charge >= 0.3 is 17.6 Å². The van der Waals surface area contributed by atoms with Crippen LogP contribution in [0.3, 0.4) is 0 Å². The molecule has 0 bridgehead atoms. The molecule has 0 aromatic heterocycles. The minimum absolute atomic E-state index is 0.454. The van der Waals surface area contributed by atoms with Crippen molar-refractivity contribution >= 4 is 22.8 Å². The molecule has 0 heterocycles. The molecule has 0 radical (unpaired) electrons. The lowest BCUT2D eigenvalue weighted by Crippen LogP contribution is -2.55. The van der Waals surface area contributed by atoms with Gasteiger partial charge in [-0.1, -0.05) is 6.07 Å². The van der Waals surface area contributed by atoms with Gasteiger partial charge in [0.05, 0.1) is 7.11 Å². The molecule has 0 aliphatic heterocycles. The Bertz CT molecular complexity index is 473. The lowest BCUT2D eigenvalue weighted by atomic mass is 10.2. The van der Waals surface area contributed by atoms with E-state index in [1.165, 1.54) is 0 Å². The summed E-state index contributed by atoms with van der Waals surface area (Å²) in [7, 11) is 5.32. The zero-order valence-electron chi connectivity index (χ0n) is 14.8. The van der Waals surface area contributed by atoms with Crippen molar-refractivity contribution < 1.29 is 31.3 Å². The van der Waals surface area contributed by atoms with Crippen LogP contribution in [0.5, 0.6) is 5.75 Å². The van der Waals surface area contributed by atoms with E-state index in [1.54, 1.807) is 49.8 Å². The van der Waals surface area contributed by atoms with Gasteiger partial charge in [-0.15, -0.1) is 0 Å². The van der Waals surface area contributed by atoms with Crippen LogP contribution in [0.1, 0.15) is 5.56 Å². The van der Waals surface area contributed by atoms with Crippen molar-refractivity contribution in [3.63, 3.8) is 0 Å². The van der Waals surface area contributed by atoms with Crippen LogP contribution in [0, 0.1) is 0 Å². The third-order valence-electron chi connectivity index (χ3n) is 3.78. The molecule has 7 nitrogen and oxygen atoms in total. The van der Waals surface area contributed by atoms with Gasteiger partial charge in [0.25, 0.3) is 0 Å². The third-order valence-corrected chi connectivity index (χ3v) is 9.09. The number of hydrogen-bond donors (Lipinski definition) is 0. The monoisotopic (exact) mass is 362 g/mol. The van der Waals surface area contributed by atoms with E-state index in [9.17, 15) is 0 Å². The van der Waals surface area contributed by atoms with E-state index in [1.807, 2.05) is 18.2 Å². The fourth-order valence-electron chi connectivity index (χ4n) is 2.41. The van der Waals surface area contributed by atoms with E-state index in [0.717, 1.165) is 10.8 Å². The zero-order valence-corrected chi connectivity index (χ0v) is 16.8. The zero-order chi connectivity index (χ0) is 17.5. The maximum Gasteiger partial charge on any atom is 0.536 e. The van der Waals surface area contributed by atoms with Crippen LogP contribution in [0.2, 0.25) is 0 Å². The van der Waals surface area contributed by atoms with Crippen LogP contribution in [-0.2, 0) is 32.6 Å². The lowest BCUT2D eigenvalue weighted by molar-refractivity contribution is 0.122. The molecule has 0 N–H and O–H groups in total. The summed E-state index contributed by atoms with van der Waals surface area (Å²) in [4.78, 5) is 0. The van der Waals surface area contributed by atoms with Crippen LogP contribution in [0.25, 0.3) is 0 Å². The SMILES string of the molecule is COc1ccc([Si](OC)(OC)OC)cc1C[Si](OC)(OC)OC. The van der Waals surface area contributed by atoms with Gasteiger partial charge < -0.3 is 31.3 Å². The number of ether oxygens (including phenoxy) is 1. The van der Waals surface area contributed by atoms with Crippen molar-refractivity contribution in [1.29, 1.82) is 0 Å². The molecule has 132 valence electrons. The summed E-state index contributed by atoms with van der Waals surface area (Å²) in [5.41, 5.74) is 0.880. The summed E-state index contributed by atoms with van der Waals surface area (Å²) >= 11 is 0. The molecular formula is C14H26O7Si2. The van der Waals surface area contributed by atoms with Crippen LogP contribution < -0.4 is 9.92 Å². The minimum atomic E-state index is -2.93. The van der Waals surface area contributed by atoms with Crippen molar-refractivity contribution in [3.8, 4) is 5.75 Å². The van der Waals surface area contributed by atoms with Gasteiger partial charge in [0.1, 0.15) is 5.75 Å². The van der Waals surface area contributed by atoms with Crippen molar-refractivity contribution in [1.82, 2.24) is 0 Å². The van der Waals surface area contributed by atoms with Crippen LogP contribution in [-0.4, -0.2) is 67.4 Å². The molecule has 0 spiro atoms. The molecule has 1 aromatic rings. The number of hydrogen-bond acceptors (Lipinski definition) is 7. The molecule has 1 aromatic carbocycles. The predicted octanol–water partition coefficient (Wildman–Crippen LogP) is 0.740. The highest BCUT2D eigenvalue weighted by molar-refractivity contribution is 6.75. The summed E-state index contributed by atoms with van der Waals surface area (Å²) in [5, 5.41) is 0.826. The van der Waals surface area contributed by atoms with E-state index in [2.05, 4.69) is 0 Å². The second-order valence-corrected chi connectivity index (χ2v) is 10.5. The molecule has 0 fully saturated rings. The third kappa shape index (κ3) is 4.19. The summed E-state index contributed by atoms with van der Waals surface area (Å²) in [6.07, 6.45) is 0. The first-order valence-electron chi connectivity index (χ1n) is 6.98. The molecule has 1 rings (SSSR count). The Balaban J connectivity index is 3.33. The molecule has 0 aliphatic carbocycles. The summed E-state index contributed by atoms with van der Waals surface area (Å²) in [6.45, 7) is 0. The van der Waals surface area contributed by atoms with Gasteiger partial charge in [0.15, 0.2) is 0 Å². The van der Waals surface area contributed by atoms with Gasteiger partial charge in [-0.3, -0.25) is 0 Å². The summed E-state index contributed by atoms with van der Waals surface area (Å²) in [6, 6.07) is 6.11. The van der Waals surface area contributed by atoms with E-state index in [-0.39, 0.29) is 0 Å².